The number of amides is 2. The lowest BCUT2D eigenvalue weighted by Gasteiger charge is -2.50. The molecule has 1 fully saturated rings. The van der Waals surface area contributed by atoms with Crippen LogP contribution in [-0.4, -0.2) is 43.0 Å². The molecule has 0 aromatic heterocycles. The Bertz CT molecular complexity index is 1110. The van der Waals surface area contributed by atoms with Crippen molar-refractivity contribution in [2.75, 3.05) is 14.2 Å². The summed E-state index contributed by atoms with van der Waals surface area (Å²) in [5, 5.41) is 2.82. The molecule has 0 spiro atoms. The molecule has 1 heterocycles. The third-order valence-electron chi connectivity index (χ3n) is 5.97. The van der Waals surface area contributed by atoms with Gasteiger partial charge in [-0.15, -0.1) is 0 Å². The number of methoxy groups -OCH3 is 2. The number of rotatable bonds is 8. The number of likely N-dealkylation sites (tertiary alicyclic amines) is 1. The average molecular weight is 457 g/mol. The van der Waals surface area contributed by atoms with Gasteiger partial charge in [-0.05, 0) is 41.0 Å². The third kappa shape index (κ3) is 4.81. The summed E-state index contributed by atoms with van der Waals surface area (Å²) in [5.41, 5.74) is 2.91. The van der Waals surface area contributed by atoms with E-state index < -0.39 is 6.04 Å². The van der Waals surface area contributed by atoms with Crippen molar-refractivity contribution >= 4 is 17.9 Å². The SMILES string of the molecule is COc1ccc(C(c2ccc(OC)cc2)N2C(=O)C(NC(C)=O)C2C=Cc2ccccc2)cc1. The maximum atomic E-state index is 13.4. The van der Waals surface area contributed by atoms with Gasteiger partial charge in [-0.3, -0.25) is 9.59 Å². The van der Waals surface area contributed by atoms with E-state index in [1.54, 1.807) is 14.2 Å². The van der Waals surface area contributed by atoms with Gasteiger partial charge in [0.05, 0.1) is 26.3 Å². The van der Waals surface area contributed by atoms with Crippen molar-refractivity contribution < 1.29 is 19.1 Å². The van der Waals surface area contributed by atoms with Crippen LogP contribution in [0.5, 0.6) is 11.5 Å². The van der Waals surface area contributed by atoms with Crippen LogP contribution in [0.25, 0.3) is 6.08 Å². The van der Waals surface area contributed by atoms with E-state index in [0.29, 0.717) is 0 Å². The summed E-state index contributed by atoms with van der Waals surface area (Å²) in [6.45, 7) is 1.43. The Morgan fingerprint density at radius 2 is 1.41 bits per heavy atom. The minimum Gasteiger partial charge on any atom is -0.497 e. The molecule has 6 heteroatoms. The molecular formula is C28H28N2O4. The first-order valence-corrected chi connectivity index (χ1v) is 11.1. The molecule has 2 amide bonds. The van der Waals surface area contributed by atoms with Gasteiger partial charge in [-0.1, -0.05) is 66.7 Å². The second-order valence-corrected chi connectivity index (χ2v) is 8.13. The second-order valence-electron chi connectivity index (χ2n) is 8.13. The molecular weight excluding hydrogens is 428 g/mol. The first-order valence-electron chi connectivity index (χ1n) is 11.1. The first kappa shape index (κ1) is 23.1. The van der Waals surface area contributed by atoms with Gasteiger partial charge in [0.25, 0.3) is 0 Å². The number of carbonyl (C=O) groups excluding carboxylic acids is 2. The van der Waals surface area contributed by atoms with Crippen molar-refractivity contribution in [3.05, 3.63) is 102 Å². The Labute approximate surface area is 199 Å². The third-order valence-corrected chi connectivity index (χ3v) is 5.97. The molecule has 2 atom stereocenters. The monoisotopic (exact) mass is 456 g/mol. The van der Waals surface area contributed by atoms with E-state index in [-0.39, 0.29) is 23.9 Å². The minimum atomic E-state index is -0.614. The Morgan fingerprint density at radius 3 is 1.88 bits per heavy atom. The highest BCUT2D eigenvalue weighted by Crippen LogP contribution is 2.38. The Balaban J connectivity index is 1.75. The number of β-lactam (4-membered cyclic amide) rings is 1. The minimum absolute atomic E-state index is 0.130. The van der Waals surface area contributed by atoms with Crippen LogP contribution >= 0.6 is 0 Å². The lowest BCUT2D eigenvalue weighted by molar-refractivity contribution is -0.153. The zero-order chi connectivity index (χ0) is 24.1. The van der Waals surface area contributed by atoms with Gasteiger partial charge in [0, 0.05) is 6.92 Å². The van der Waals surface area contributed by atoms with Crippen molar-refractivity contribution in [1.82, 2.24) is 10.2 Å². The molecule has 0 bridgehead atoms. The molecule has 0 saturated carbocycles. The zero-order valence-corrected chi connectivity index (χ0v) is 19.5. The molecule has 3 aromatic rings. The summed E-state index contributed by atoms with van der Waals surface area (Å²) in [4.78, 5) is 27.0. The van der Waals surface area contributed by atoms with E-state index in [0.717, 1.165) is 28.2 Å². The smallest absolute Gasteiger partial charge is 0.249 e. The summed E-state index contributed by atoms with van der Waals surface area (Å²) in [5.74, 6) is 1.11. The highest BCUT2D eigenvalue weighted by Gasteiger charge is 2.50. The molecule has 174 valence electrons. The number of carbonyl (C=O) groups is 2. The van der Waals surface area contributed by atoms with Gasteiger partial charge >= 0.3 is 0 Å². The fraction of sp³-hybridized carbons (Fsp3) is 0.214. The standard InChI is InChI=1S/C28H28N2O4/c1-19(31)29-26-25(18-9-20-7-5-4-6-8-20)30(28(26)32)27(21-10-14-23(33-2)15-11-21)22-12-16-24(34-3)17-13-22/h4-18,25-27H,1-3H3,(H,29,31). The molecule has 1 aliphatic rings. The number of ether oxygens (including phenoxy) is 2. The molecule has 1 aliphatic heterocycles. The van der Waals surface area contributed by atoms with E-state index >= 15 is 0 Å². The molecule has 0 aliphatic carbocycles. The quantitative estimate of drug-likeness (QED) is 0.516. The van der Waals surface area contributed by atoms with Gasteiger partial charge < -0.3 is 19.7 Å². The number of hydrogen-bond donors (Lipinski definition) is 1. The van der Waals surface area contributed by atoms with E-state index in [4.69, 9.17) is 9.47 Å². The predicted molar refractivity (Wildman–Crippen MR) is 132 cm³/mol. The first-order chi connectivity index (χ1) is 16.5. The summed E-state index contributed by atoms with van der Waals surface area (Å²) in [6.07, 6.45) is 3.97. The van der Waals surface area contributed by atoms with Crippen LogP contribution in [0.4, 0.5) is 0 Å². The summed E-state index contributed by atoms with van der Waals surface area (Å²) < 4.78 is 10.6. The van der Waals surface area contributed by atoms with E-state index in [9.17, 15) is 9.59 Å². The number of nitrogens with one attached hydrogen (secondary N) is 1. The molecule has 4 rings (SSSR count). The average Bonchev–Trinajstić information content (AvgIpc) is 2.88. The fourth-order valence-corrected chi connectivity index (χ4v) is 4.26. The molecule has 34 heavy (non-hydrogen) atoms. The van der Waals surface area contributed by atoms with Crippen LogP contribution in [0.1, 0.15) is 29.7 Å². The van der Waals surface area contributed by atoms with Gasteiger partial charge in [-0.2, -0.15) is 0 Å². The van der Waals surface area contributed by atoms with Crippen molar-refractivity contribution in [3.63, 3.8) is 0 Å². The van der Waals surface area contributed by atoms with Gasteiger partial charge in [0.15, 0.2) is 0 Å². The summed E-state index contributed by atoms with van der Waals surface area (Å²) >= 11 is 0. The largest absolute Gasteiger partial charge is 0.497 e. The number of hydrogen-bond acceptors (Lipinski definition) is 4. The Hall–Kier alpha value is -4.06. The van der Waals surface area contributed by atoms with E-state index in [1.807, 2.05) is 95.9 Å². The van der Waals surface area contributed by atoms with Crippen LogP contribution in [0.2, 0.25) is 0 Å². The maximum Gasteiger partial charge on any atom is 0.249 e. The van der Waals surface area contributed by atoms with Crippen LogP contribution in [0.15, 0.2) is 84.9 Å². The van der Waals surface area contributed by atoms with Crippen molar-refractivity contribution in [1.29, 1.82) is 0 Å². The molecule has 6 nitrogen and oxygen atoms in total. The lowest BCUT2D eigenvalue weighted by Crippen LogP contribution is -2.70. The lowest BCUT2D eigenvalue weighted by atomic mass is 9.86. The van der Waals surface area contributed by atoms with Gasteiger partial charge in [0.2, 0.25) is 11.8 Å². The Morgan fingerprint density at radius 1 is 0.882 bits per heavy atom. The van der Waals surface area contributed by atoms with Crippen LogP contribution in [0.3, 0.4) is 0 Å². The normalized spacial score (nSPS) is 17.5. The highest BCUT2D eigenvalue weighted by molar-refractivity contribution is 5.94. The van der Waals surface area contributed by atoms with Crippen molar-refractivity contribution in [3.8, 4) is 11.5 Å². The molecule has 0 radical (unpaired) electrons. The van der Waals surface area contributed by atoms with Crippen molar-refractivity contribution in [2.24, 2.45) is 0 Å². The second kappa shape index (κ2) is 10.3. The Kier molecular flexibility index (Phi) is 6.97. The summed E-state index contributed by atoms with van der Waals surface area (Å²) in [7, 11) is 3.24. The van der Waals surface area contributed by atoms with Crippen molar-refractivity contribution in [2.45, 2.75) is 25.0 Å². The zero-order valence-electron chi connectivity index (χ0n) is 19.5. The van der Waals surface area contributed by atoms with Crippen LogP contribution < -0.4 is 14.8 Å². The fourth-order valence-electron chi connectivity index (χ4n) is 4.26. The molecule has 1 saturated heterocycles. The highest BCUT2D eigenvalue weighted by atomic mass is 16.5. The molecule has 3 aromatic carbocycles. The number of benzene rings is 3. The number of nitrogens with zero attached hydrogens (tertiary/aromatic N) is 1. The topological polar surface area (TPSA) is 67.9 Å². The summed E-state index contributed by atoms with van der Waals surface area (Å²) in [6, 6.07) is 24.0. The van der Waals surface area contributed by atoms with Crippen LogP contribution in [0, 0.1) is 0 Å². The molecule has 2 unspecified atom stereocenters. The van der Waals surface area contributed by atoms with Crippen LogP contribution in [-0.2, 0) is 9.59 Å². The van der Waals surface area contributed by atoms with E-state index in [2.05, 4.69) is 5.32 Å². The predicted octanol–water partition coefficient (Wildman–Crippen LogP) is 4.22. The maximum absolute atomic E-state index is 13.4. The van der Waals surface area contributed by atoms with Gasteiger partial charge in [0.1, 0.15) is 17.5 Å². The van der Waals surface area contributed by atoms with E-state index in [1.165, 1.54) is 6.92 Å². The van der Waals surface area contributed by atoms with Gasteiger partial charge in [-0.25, -0.2) is 0 Å². The molecule has 1 N–H and O–H groups in total.